The fourth-order valence-electron chi connectivity index (χ4n) is 1.96. The van der Waals surface area contributed by atoms with Crippen molar-refractivity contribution in [3.05, 3.63) is 35.8 Å². The molecule has 0 atom stereocenters. The van der Waals surface area contributed by atoms with Gasteiger partial charge in [0, 0.05) is 12.0 Å². The zero-order valence-corrected chi connectivity index (χ0v) is 8.56. The summed E-state index contributed by atoms with van der Waals surface area (Å²) in [5.74, 6) is 0.937. The van der Waals surface area contributed by atoms with Crippen molar-refractivity contribution in [1.82, 2.24) is 9.97 Å². The van der Waals surface area contributed by atoms with Crippen LogP contribution in [-0.4, -0.2) is 22.9 Å². The summed E-state index contributed by atoms with van der Waals surface area (Å²) in [7, 11) is 0. The molecule has 16 heavy (non-hydrogen) atoms. The normalized spacial score (nSPS) is 13.2. The molecule has 0 amide bonds. The number of nitrogens with one attached hydrogen (secondary N) is 1. The van der Waals surface area contributed by atoms with Crippen molar-refractivity contribution >= 4 is 6.29 Å². The number of hydrogen-bond donors (Lipinski definition) is 1. The first-order valence-electron chi connectivity index (χ1n) is 5.13. The van der Waals surface area contributed by atoms with E-state index in [1.807, 2.05) is 18.2 Å². The Morgan fingerprint density at radius 1 is 1.44 bits per heavy atom. The average Bonchev–Trinajstić information content (AvgIpc) is 2.96. The Hall–Kier alpha value is -2.10. The number of fused-ring (bicyclic) bond motifs is 1. The molecule has 4 nitrogen and oxygen atoms in total. The van der Waals surface area contributed by atoms with E-state index >= 15 is 0 Å². The monoisotopic (exact) mass is 214 g/mol. The topological polar surface area (TPSA) is 55.0 Å². The quantitative estimate of drug-likeness (QED) is 0.776. The molecular weight excluding hydrogens is 204 g/mol. The number of aromatic nitrogens is 2. The Morgan fingerprint density at radius 3 is 3.25 bits per heavy atom. The predicted molar refractivity (Wildman–Crippen MR) is 58.6 cm³/mol. The molecule has 0 unspecified atom stereocenters. The lowest BCUT2D eigenvalue weighted by atomic mass is 10.1. The number of H-pyrrole nitrogens is 1. The lowest BCUT2D eigenvalue weighted by Gasteiger charge is -2.02. The smallest absolute Gasteiger partial charge is 0.168 e. The lowest BCUT2D eigenvalue weighted by Crippen LogP contribution is -1.87. The van der Waals surface area contributed by atoms with Gasteiger partial charge in [0.05, 0.1) is 18.6 Å². The number of carbonyl (C=O) groups is 1. The van der Waals surface area contributed by atoms with Crippen LogP contribution in [0.4, 0.5) is 0 Å². The molecule has 2 aromatic rings. The van der Waals surface area contributed by atoms with Crippen LogP contribution in [0.25, 0.3) is 11.3 Å². The molecule has 4 heteroatoms. The summed E-state index contributed by atoms with van der Waals surface area (Å²) < 4.78 is 5.43. The van der Waals surface area contributed by atoms with Gasteiger partial charge in [-0.3, -0.25) is 4.79 Å². The van der Waals surface area contributed by atoms with Gasteiger partial charge in [-0.15, -0.1) is 0 Å². The molecule has 0 saturated carbocycles. The highest BCUT2D eigenvalue weighted by atomic mass is 16.5. The van der Waals surface area contributed by atoms with Crippen molar-refractivity contribution in [3.63, 3.8) is 0 Å². The highest BCUT2D eigenvalue weighted by Crippen LogP contribution is 2.30. The molecule has 1 N–H and O–H groups in total. The first kappa shape index (κ1) is 9.15. The van der Waals surface area contributed by atoms with Gasteiger partial charge in [0.2, 0.25) is 0 Å². The second-order valence-electron chi connectivity index (χ2n) is 3.70. The number of rotatable bonds is 2. The van der Waals surface area contributed by atoms with E-state index in [1.54, 1.807) is 0 Å². The van der Waals surface area contributed by atoms with Gasteiger partial charge in [-0.25, -0.2) is 4.98 Å². The molecule has 1 aliphatic heterocycles. The molecule has 1 aliphatic rings. The van der Waals surface area contributed by atoms with Gasteiger partial charge in [0.25, 0.3) is 0 Å². The molecule has 0 fully saturated rings. The predicted octanol–water partition coefficient (Wildman–Crippen LogP) is 1.82. The fraction of sp³-hybridized carbons (Fsp3) is 0.167. The fourth-order valence-corrected chi connectivity index (χ4v) is 1.96. The Kier molecular flexibility index (Phi) is 1.99. The van der Waals surface area contributed by atoms with Crippen molar-refractivity contribution in [3.8, 4) is 17.0 Å². The summed E-state index contributed by atoms with van der Waals surface area (Å²) in [4.78, 5) is 17.8. The van der Waals surface area contributed by atoms with Crippen molar-refractivity contribution < 1.29 is 9.53 Å². The van der Waals surface area contributed by atoms with Crippen LogP contribution in [0.3, 0.4) is 0 Å². The number of aromatic amines is 1. The number of benzene rings is 1. The molecule has 0 aliphatic carbocycles. The van der Waals surface area contributed by atoms with Crippen molar-refractivity contribution in [1.29, 1.82) is 0 Å². The highest BCUT2D eigenvalue weighted by Gasteiger charge is 2.14. The van der Waals surface area contributed by atoms with Gasteiger partial charge >= 0.3 is 0 Å². The highest BCUT2D eigenvalue weighted by molar-refractivity contribution is 5.83. The molecule has 0 saturated heterocycles. The van der Waals surface area contributed by atoms with E-state index in [0.717, 1.165) is 30.6 Å². The minimum Gasteiger partial charge on any atom is -0.493 e. The standard InChI is InChI=1S/C12H10N2O2/c15-6-10-12(14-7-13-10)9-1-2-11-8(5-9)3-4-16-11/h1-2,5-7H,3-4H2,(H,13,14). The molecule has 1 aromatic heterocycles. The zero-order chi connectivity index (χ0) is 11.0. The summed E-state index contributed by atoms with van der Waals surface area (Å²) in [5.41, 5.74) is 3.34. The zero-order valence-electron chi connectivity index (χ0n) is 8.56. The summed E-state index contributed by atoms with van der Waals surface area (Å²) in [6, 6.07) is 5.89. The molecule has 0 radical (unpaired) electrons. The largest absolute Gasteiger partial charge is 0.493 e. The van der Waals surface area contributed by atoms with Gasteiger partial charge in [0.15, 0.2) is 6.29 Å². The number of ether oxygens (including phenoxy) is 1. The molecule has 3 rings (SSSR count). The maximum atomic E-state index is 10.8. The molecule has 0 bridgehead atoms. The minimum absolute atomic E-state index is 0.513. The maximum Gasteiger partial charge on any atom is 0.168 e. The summed E-state index contributed by atoms with van der Waals surface area (Å²) >= 11 is 0. The Bertz CT molecular complexity index is 546. The number of aldehydes is 1. The van der Waals surface area contributed by atoms with E-state index in [1.165, 1.54) is 11.9 Å². The summed E-state index contributed by atoms with van der Waals surface area (Å²) in [6.07, 6.45) is 3.23. The van der Waals surface area contributed by atoms with Crippen LogP contribution >= 0.6 is 0 Å². The van der Waals surface area contributed by atoms with Crippen molar-refractivity contribution in [2.75, 3.05) is 6.61 Å². The molecule has 80 valence electrons. The second kappa shape index (κ2) is 3.48. The van der Waals surface area contributed by atoms with Gasteiger partial charge in [-0.1, -0.05) is 0 Å². The molecule has 2 heterocycles. The summed E-state index contributed by atoms with van der Waals surface area (Å²) in [5, 5.41) is 0. The lowest BCUT2D eigenvalue weighted by molar-refractivity contribution is 0.112. The Balaban J connectivity index is 2.10. The molecular formula is C12H10N2O2. The van der Waals surface area contributed by atoms with E-state index in [4.69, 9.17) is 4.74 Å². The van der Waals surface area contributed by atoms with Gasteiger partial charge in [-0.2, -0.15) is 0 Å². The van der Waals surface area contributed by atoms with Gasteiger partial charge in [0.1, 0.15) is 11.4 Å². The summed E-state index contributed by atoms with van der Waals surface area (Å²) in [6.45, 7) is 0.736. The molecule has 0 spiro atoms. The van der Waals surface area contributed by atoms with Crippen molar-refractivity contribution in [2.24, 2.45) is 0 Å². The first-order chi connectivity index (χ1) is 7.88. The van der Waals surface area contributed by atoms with E-state index in [2.05, 4.69) is 9.97 Å². The average molecular weight is 214 g/mol. The van der Waals surface area contributed by atoms with E-state index in [9.17, 15) is 4.79 Å². The molecule has 1 aromatic carbocycles. The van der Waals surface area contributed by atoms with Crippen LogP contribution < -0.4 is 4.74 Å². The van der Waals surface area contributed by atoms with Crippen LogP contribution in [0.15, 0.2) is 24.5 Å². The second-order valence-corrected chi connectivity index (χ2v) is 3.70. The third-order valence-corrected chi connectivity index (χ3v) is 2.75. The van der Waals surface area contributed by atoms with Crippen LogP contribution in [0.2, 0.25) is 0 Å². The van der Waals surface area contributed by atoms with Gasteiger partial charge in [-0.05, 0) is 23.8 Å². The number of nitrogens with zero attached hydrogens (tertiary/aromatic N) is 1. The maximum absolute atomic E-state index is 10.8. The third kappa shape index (κ3) is 1.31. The number of hydrogen-bond acceptors (Lipinski definition) is 3. The Morgan fingerprint density at radius 2 is 2.38 bits per heavy atom. The van der Waals surface area contributed by atoms with E-state index in [-0.39, 0.29) is 0 Å². The van der Waals surface area contributed by atoms with Crippen LogP contribution in [0, 0.1) is 0 Å². The number of imidazole rings is 1. The van der Waals surface area contributed by atoms with Crippen molar-refractivity contribution in [2.45, 2.75) is 6.42 Å². The number of carbonyl (C=O) groups excluding carboxylic acids is 1. The van der Waals surface area contributed by atoms with E-state index in [0.29, 0.717) is 11.4 Å². The first-order valence-corrected chi connectivity index (χ1v) is 5.13. The van der Waals surface area contributed by atoms with Crippen LogP contribution in [0.1, 0.15) is 16.1 Å². The SMILES string of the molecule is O=Cc1[nH]cnc1-c1ccc2c(c1)CCO2. The van der Waals surface area contributed by atoms with Crippen LogP contribution in [0.5, 0.6) is 5.75 Å². The van der Waals surface area contributed by atoms with Crippen LogP contribution in [-0.2, 0) is 6.42 Å². The van der Waals surface area contributed by atoms with Gasteiger partial charge < -0.3 is 9.72 Å². The Labute approximate surface area is 92.3 Å². The third-order valence-electron chi connectivity index (χ3n) is 2.75. The minimum atomic E-state index is 0.513. The van der Waals surface area contributed by atoms with E-state index < -0.39 is 0 Å².